The summed E-state index contributed by atoms with van der Waals surface area (Å²) in [5, 5.41) is 3.48. The Bertz CT molecular complexity index is 175. The number of piperazine rings is 1. The van der Waals surface area contributed by atoms with Gasteiger partial charge in [-0.05, 0) is 24.7 Å². The molecule has 13 heavy (non-hydrogen) atoms. The van der Waals surface area contributed by atoms with Gasteiger partial charge in [0.1, 0.15) is 0 Å². The van der Waals surface area contributed by atoms with Crippen molar-refractivity contribution >= 4 is 0 Å². The second kappa shape index (κ2) is 3.58. The fraction of sp³-hybridized carbons (Fsp3) is 1.00. The zero-order valence-electron chi connectivity index (χ0n) is 8.97. The maximum absolute atomic E-state index is 3.48. The molecule has 1 N–H and O–H groups in total. The first-order chi connectivity index (χ1) is 6.23. The van der Waals surface area contributed by atoms with Crippen molar-refractivity contribution < 1.29 is 0 Å². The van der Waals surface area contributed by atoms with E-state index >= 15 is 0 Å². The van der Waals surface area contributed by atoms with Crippen LogP contribution in [-0.2, 0) is 0 Å². The first-order valence-electron chi connectivity index (χ1n) is 5.68. The second-order valence-electron chi connectivity index (χ2n) is 5.05. The van der Waals surface area contributed by atoms with Crippen molar-refractivity contribution in [3.05, 3.63) is 0 Å². The number of hydrogen-bond donors (Lipinski definition) is 1. The molecule has 2 aliphatic rings. The molecule has 0 aromatic heterocycles. The third kappa shape index (κ3) is 2.23. The quantitative estimate of drug-likeness (QED) is 0.711. The average Bonchev–Trinajstić information content (AvgIpc) is 2.84. The van der Waals surface area contributed by atoms with Crippen LogP contribution in [0.5, 0.6) is 0 Å². The third-order valence-electron chi connectivity index (χ3n) is 3.63. The van der Waals surface area contributed by atoms with E-state index in [1.807, 2.05) is 0 Å². The maximum Gasteiger partial charge on any atom is 0.0218 e. The van der Waals surface area contributed by atoms with Crippen LogP contribution >= 0.6 is 0 Å². The summed E-state index contributed by atoms with van der Waals surface area (Å²) in [5.41, 5.74) is 0.685. The van der Waals surface area contributed by atoms with Crippen LogP contribution in [-0.4, -0.2) is 37.1 Å². The van der Waals surface area contributed by atoms with E-state index in [0.717, 1.165) is 6.04 Å². The first kappa shape index (κ1) is 9.47. The van der Waals surface area contributed by atoms with E-state index in [1.54, 1.807) is 0 Å². The van der Waals surface area contributed by atoms with Crippen LogP contribution < -0.4 is 5.32 Å². The monoisotopic (exact) mass is 182 g/mol. The Morgan fingerprint density at radius 1 is 1.46 bits per heavy atom. The Hall–Kier alpha value is -0.0800. The van der Waals surface area contributed by atoms with E-state index in [2.05, 4.69) is 24.1 Å². The van der Waals surface area contributed by atoms with Gasteiger partial charge >= 0.3 is 0 Å². The Kier molecular flexibility index (Phi) is 2.61. The lowest BCUT2D eigenvalue weighted by molar-refractivity contribution is 0.131. The molecule has 1 aliphatic heterocycles. The van der Waals surface area contributed by atoms with Gasteiger partial charge in [-0.25, -0.2) is 0 Å². The number of nitrogens with zero attached hydrogens (tertiary/aromatic N) is 1. The highest BCUT2D eigenvalue weighted by Gasteiger charge is 2.40. The molecule has 0 aromatic carbocycles. The third-order valence-corrected chi connectivity index (χ3v) is 3.63. The van der Waals surface area contributed by atoms with Crippen molar-refractivity contribution in [3.63, 3.8) is 0 Å². The molecule has 0 aromatic rings. The van der Waals surface area contributed by atoms with E-state index in [4.69, 9.17) is 0 Å². The fourth-order valence-electron chi connectivity index (χ4n) is 2.28. The van der Waals surface area contributed by atoms with Gasteiger partial charge in [-0.15, -0.1) is 0 Å². The minimum absolute atomic E-state index is 0.685. The van der Waals surface area contributed by atoms with Gasteiger partial charge in [0.05, 0.1) is 0 Å². The molecule has 2 fully saturated rings. The number of nitrogens with one attached hydrogen (secondary N) is 1. The molecule has 0 radical (unpaired) electrons. The lowest BCUT2D eigenvalue weighted by Gasteiger charge is -2.37. The largest absolute Gasteiger partial charge is 0.314 e. The van der Waals surface area contributed by atoms with Crippen LogP contribution in [0.25, 0.3) is 0 Å². The summed E-state index contributed by atoms with van der Waals surface area (Å²) in [6.45, 7) is 9.72. The van der Waals surface area contributed by atoms with Gasteiger partial charge in [0.25, 0.3) is 0 Å². The van der Waals surface area contributed by atoms with Crippen molar-refractivity contribution in [2.75, 3.05) is 26.2 Å². The van der Waals surface area contributed by atoms with E-state index in [1.165, 1.54) is 45.4 Å². The predicted molar refractivity (Wildman–Crippen MR) is 55.9 cm³/mol. The van der Waals surface area contributed by atoms with Gasteiger partial charge in [0, 0.05) is 32.2 Å². The first-order valence-corrected chi connectivity index (χ1v) is 5.68. The van der Waals surface area contributed by atoms with Crippen LogP contribution in [0, 0.1) is 5.41 Å². The van der Waals surface area contributed by atoms with Crippen LogP contribution in [0.15, 0.2) is 0 Å². The summed E-state index contributed by atoms with van der Waals surface area (Å²) in [6.07, 6.45) is 4.20. The molecular weight excluding hydrogens is 160 g/mol. The van der Waals surface area contributed by atoms with Crippen molar-refractivity contribution in [3.8, 4) is 0 Å². The molecule has 1 unspecified atom stereocenters. The molecule has 1 saturated heterocycles. The van der Waals surface area contributed by atoms with Gasteiger partial charge in [-0.3, -0.25) is 4.90 Å². The van der Waals surface area contributed by atoms with Crippen molar-refractivity contribution in [2.24, 2.45) is 5.41 Å². The minimum Gasteiger partial charge on any atom is -0.314 e. The predicted octanol–water partition coefficient (Wildman–Crippen LogP) is 1.47. The number of rotatable bonds is 3. The van der Waals surface area contributed by atoms with E-state index < -0.39 is 0 Å². The molecule has 0 amide bonds. The summed E-state index contributed by atoms with van der Waals surface area (Å²) < 4.78 is 0. The number of hydrogen-bond acceptors (Lipinski definition) is 2. The smallest absolute Gasteiger partial charge is 0.0218 e. The van der Waals surface area contributed by atoms with Crippen molar-refractivity contribution in [1.29, 1.82) is 0 Å². The highest BCUT2D eigenvalue weighted by atomic mass is 15.2. The van der Waals surface area contributed by atoms with Gasteiger partial charge in [-0.2, -0.15) is 0 Å². The molecule has 1 aliphatic carbocycles. The van der Waals surface area contributed by atoms with E-state index in [-0.39, 0.29) is 0 Å². The van der Waals surface area contributed by atoms with Gasteiger partial charge in [0.15, 0.2) is 0 Å². The Morgan fingerprint density at radius 2 is 2.23 bits per heavy atom. The highest BCUT2D eigenvalue weighted by Crippen LogP contribution is 2.45. The fourth-order valence-corrected chi connectivity index (χ4v) is 2.28. The summed E-state index contributed by atoms with van der Waals surface area (Å²) in [4.78, 5) is 2.70. The summed E-state index contributed by atoms with van der Waals surface area (Å²) in [5.74, 6) is 0. The van der Waals surface area contributed by atoms with Gasteiger partial charge in [0.2, 0.25) is 0 Å². The minimum atomic E-state index is 0.685. The molecule has 0 bridgehead atoms. The van der Waals surface area contributed by atoms with Gasteiger partial charge < -0.3 is 5.32 Å². The summed E-state index contributed by atoms with van der Waals surface area (Å²) >= 11 is 0. The van der Waals surface area contributed by atoms with E-state index in [0.29, 0.717) is 5.41 Å². The zero-order valence-corrected chi connectivity index (χ0v) is 8.97. The topological polar surface area (TPSA) is 15.3 Å². The summed E-state index contributed by atoms with van der Waals surface area (Å²) in [6, 6.07) is 0.797. The molecule has 2 nitrogen and oxygen atoms in total. The standard InChI is InChI=1S/C11H22N2/c1-3-10-8-12-6-7-13(10)9-11(2)4-5-11/h10,12H,3-9H2,1-2H3. The molecule has 1 heterocycles. The Balaban J connectivity index is 1.87. The summed E-state index contributed by atoms with van der Waals surface area (Å²) in [7, 11) is 0. The molecule has 1 saturated carbocycles. The Labute approximate surface area is 81.7 Å². The molecule has 76 valence electrons. The lowest BCUT2D eigenvalue weighted by atomic mass is 10.1. The van der Waals surface area contributed by atoms with Gasteiger partial charge in [-0.1, -0.05) is 13.8 Å². The maximum atomic E-state index is 3.48. The van der Waals surface area contributed by atoms with Crippen LogP contribution in [0.3, 0.4) is 0 Å². The SMILES string of the molecule is CCC1CNCCN1CC1(C)CC1. The second-order valence-corrected chi connectivity index (χ2v) is 5.05. The molecule has 2 heteroatoms. The normalized spacial score (nSPS) is 33.2. The van der Waals surface area contributed by atoms with Crippen molar-refractivity contribution in [1.82, 2.24) is 10.2 Å². The molecule has 0 spiro atoms. The highest BCUT2D eigenvalue weighted by molar-refractivity contribution is 4.93. The van der Waals surface area contributed by atoms with Crippen LogP contribution in [0.4, 0.5) is 0 Å². The van der Waals surface area contributed by atoms with Crippen LogP contribution in [0.1, 0.15) is 33.1 Å². The van der Waals surface area contributed by atoms with Crippen LogP contribution in [0.2, 0.25) is 0 Å². The molecular formula is C11H22N2. The Morgan fingerprint density at radius 3 is 2.85 bits per heavy atom. The molecule has 1 atom stereocenters. The zero-order chi connectivity index (χ0) is 9.31. The average molecular weight is 182 g/mol. The van der Waals surface area contributed by atoms with Crippen molar-refractivity contribution in [2.45, 2.75) is 39.2 Å². The molecule has 2 rings (SSSR count). The lowest BCUT2D eigenvalue weighted by Crippen LogP contribution is -2.52. The van der Waals surface area contributed by atoms with E-state index in [9.17, 15) is 0 Å².